The molecule has 0 spiro atoms. The first-order valence-corrected chi connectivity index (χ1v) is 9.53. The fourth-order valence-electron chi connectivity index (χ4n) is 2.63. The van der Waals surface area contributed by atoms with Gasteiger partial charge in [0, 0.05) is 43.6 Å². The number of hydrogen-bond donors (Lipinski definition) is 0. The average Bonchev–Trinajstić information content (AvgIpc) is 3.24. The van der Waals surface area contributed by atoms with E-state index in [9.17, 15) is 8.42 Å². The van der Waals surface area contributed by atoms with E-state index in [1.165, 1.54) is 4.31 Å². The van der Waals surface area contributed by atoms with Crippen molar-refractivity contribution in [2.75, 3.05) is 19.7 Å². The minimum atomic E-state index is -3.62. The van der Waals surface area contributed by atoms with Gasteiger partial charge in [-0.2, -0.15) is 9.40 Å². The van der Waals surface area contributed by atoms with E-state index in [1.807, 2.05) is 27.0 Å². The number of imidazole rings is 1. The Balaban J connectivity index is 1.79. The lowest BCUT2D eigenvalue weighted by Gasteiger charge is -2.31. The van der Waals surface area contributed by atoms with E-state index in [1.54, 1.807) is 28.0 Å². The third kappa shape index (κ3) is 3.24. The molecule has 1 fully saturated rings. The lowest BCUT2D eigenvalue weighted by Crippen LogP contribution is -2.42. The van der Waals surface area contributed by atoms with Gasteiger partial charge < -0.3 is 9.30 Å². The van der Waals surface area contributed by atoms with E-state index in [4.69, 9.17) is 4.74 Å². The molecule has 2 aromatic rings. The summed E-state index contributed by atoms with van der Waals surface area (Å²) >= 11 is 0. The van der Waals surface area contributed by atoms with E-state index >= 15 is 0 Å². The summed E-state index contributed by atoms with van der Waals surface area (Å²) in [6.45, 7) is 7.68. The number of hydrogen-bond acceptors (Lipinski definition) is 5. The van der Waals surface area contributed by atoms with Crippen molar-refractivity contribution in [3.63, 3.8) is 0 Å². The standard InChI is InChI=1S/C15H23N5O3S/c1-4-19-8-13(7-17-19)14-9-20(5-6-23-14)24(21,22)15-10-18(11-16-15)12(2)3/h7-8,10-12,14H,4-6,9H2,1-3H3/t14-/m1/s1. The highest BCUT2D eigenvalue weighted by atomic mass is 32.2. The zero-order valence-corrected chi connectivity index (χ0v) is 15.0. The normalized spacial score (nSPS) is 19.9. The summed E-state index contributed by atoms with van der Waals surface area (Å²) in [4.78, 5) is 4.08. The molecule has 132 valence electrons. The van der Waals surface area contributed by atoms with Crippen molar-refractivity contribution in [1.29, 1.82) is 0 Å². The van der Waals surface area contributed by atoms with Crippen LogP contribution >= 0.6 is 0 Å². The highest BCUT2D eigenvalue weighted by Crippen LogP contribution is 2.26. The van der Waals surface area contributed by atoms with Gasteiger partial charge in [-0.15, -0.1) is 0 Å². The fraction of sp³-hybridized carbons (Fsp3) is 0.600. The molecule has 0 bridgehead atoms. The SMILES string of the molecule is CCn1cc([C@H]2CN(S(=O)(=O)c3cn(C(C)C)cn3)CCO2)cn1. The van der Waals surface area contributed by atoms with Crippen LogP contribution in [0.5, 0.6) is 0 Å². The Morgan fingerprint density at radius 3 is 2.79 bits per heavy atom. The highest BCUT2D eigenvalue weighted by Gasteiger charge is 2.33. The Kier molecular flexibility index (Phi) is 4.75. The molecule has 1 aliphatic heterocycles. The first kappa shape index (κ1) is 17.1. The molecule has 0 radical (unpaired) electrons. The summed E-state index contributed by atoms with van der Waals surface area (Å²) in [7, 11) is -3.62. The molecule has 0 aromatic carbocycles. The smallest absolute Gasteiger partial charge is 0.262 e. The monoisotopic (exact) mass is 353 g/mol. The Bertz CT molecular complexity index is 796. The second-order valence-corrected chi connectivity index (χ2v) is 7.99. The van der Waals surface area contributed by atoms with E-state index < -0.39 is 10.0 Å². The van der Waals surface area contributed by atoms with Crippen molar-refractivity contribution in [2.45, 2.75) is 44.5 Å². The van der Waals surface area contributed by atoms with Crippen LogP contribution in [-0.2, 0) is 21.3 Å². The third-order valence-corrected chi connectivity index (χ3v) is 5.91. The molecule has 3 heterocycles. The van der Waals surface area contributed by atoms with Gasteiger partial charge in [0.15, 0.2) is 5.03 Å². The van der Waals surface area contributed by atoms with E-state index in [2.05, 4.69) is 10.1 Å². The number of ether oxygens (including phenoxy) is 1. The first-order chi connectivity index (χ1) is 11.4. The number of rotatable bonds is 5. The van der Waals surface area contributed by atoms with Gasteiger partial charge in [-0.1, -0.05) is 0 Å². The van der Waals surface area contributed by atoms with Crippen LogP contribution in [0.4, 0.5) is 0 Å². The Hall–Kier alpha value is -1.71. The van der Waals surface area contributed by atoms with Crippen molar-refractivity contribution in [3.8, 4) is 0 Å². The topological polar surface area (TPSA) is 82.2 Å². The Morgan fingerprint density at radius 2 is 2.17 bits per heavy atom. The van der Waals surface area contributed by atoms with Crippen molar-refractivity contribution in [2.24, 2.45) is 0 Å². The summed E-state index contributed by atoms with van der Waals surface area (Å²) in [5, 5.41) is 4.32. The molecule has 2 aromatic heterocycles. The van der Waals surface area contributed by atoms with Crippen LogP contribution < -0.4 is 0 Å². The van der Waals surface area contributed by atoms with E-state index in [-0.39, 0.29) is 23.7 Å². The summed E-state index contributed by atoms with van der Waals surface area (Å²) < 4.78 is 36.4. The number of aryl methyl sites for hydroxylation is 1. The van der Waals surface area contributed by atoms with Gasteiger partial charge in [0.2, 0.25) is 0 Å². The fourth-order valence-corrected chi connectivity index (χ4v) is 3.98. The number of nitrogens with zero attached hydrogens (tertiary/aromatic N) is 5. The molecule has 9 heteroatoms. The highest BCUT2D eigenvalue weighted by molar-refractivity contribution is 7.89. The van der Waals surface area contributed by atoms with Gasteiger partial charge in [-0.05, 0) is 20.8 Å². The third-order valence-electron chi connectivity index (χ3n) is 4.16. The van der Waals surface area contributed by atoms with Gasteiger partial charge in [0.25, 0.3) is 10.0 Å². The van der Waals surface area contributed by atoms with Gasteiger partial charge in [-0.3, -0.25) is 4.68 Å². The van der Waals surface area contributed by atoms with Crippen molar-refractivity contribution >= 4 is 10.0 Å². The van der Waals surface area contributed by atoms with Crippen molar-refractivity contribution in [1.82, 2.24) is 23.6 Å². The van der Waals surface area contributed by atoms with Crippen molar-refractivity contribution in [3.05, 3.63) is 30.5 Å². The molecule has 1 atom stereocenters. The van der Waals surface area contributed by atoms with Gasteiger partial charge >= 0.3 is 0 Å². The molecular weight excluding hydrogens is 330 g/mol. The zero-order valence-electron chi connectivity index (χ0n) is 14.2. The van der Waals surface area contributed by atoms with Gasteiger partial charge in [-0.25, -0.2) is 13.4 Å². The van der Waals surface area contributed by atoms with E-state index in [0.717, 1.165) is 12.1 Å². The maximum Gasteiger partial charge on any atom is 0.262 e. The average molecular weight is 353 g/mol. The molecule has 1 saturated heterocycles. The molecule has 3 rings (SSSR count). The predicted octanol–water partition coefficient (Wildman–Crippen LogP) is 1.44. The molecule has 8 nitrogen and oxygen atoms in total. The molecule has 0 unspecified atom stereocenters. The van der Waals surface area contributed by atoms with Crippen LogP contribution in [0.15, 0.2) is 29.9 Å². The lowest BCUT2D eigenvalue weighted by atomic mass is 10.2. The summed E-state index contributed by atoms with van der Waals surface area (Å²) in [5.41, 5.74) is 0.893. The Morgan fingerprint density at radius 1 is 1.38 bits per heavy atom. The van der Waals surface area contributed by atoms with Gasteiger partial charge in [0.05, 0.1) is 25.2 Å². The minimum Gasteiger partial charge on any atom is -0.371 e. The molecule has 24 heavy (non-hydrogen) atoms. The number of sulfonamides is 1. The minimum absolute atomic E-state index is 0.0844. The maximum atomic E-state index is 12.8. The summed E-state index contributed by atoms with van der Waals surface area (Å²) in [5.74, 6) is 0. The number of aromatic nitrogens is 4. The molecule has 0 amide bonds. The molecule has 0 saturated carbocycles. The van der Waals surface area contributed by atoms with Crippen LogP contribution in [0, 0.1) is 0 Å². The van der Waals surface area contributed by atoms with Crippen LogP contribution in [0.3, 0.4) is 0 Å². The molecule has 0 aliphatic carbocycles. The Labute approximate surface area is 142 Å². The summed E-state index contributed by atoms with van der Waals surface area (Å²) in [6, 6.07) is 0.166. The van der Waals surface area contributed by atoms with Crippen LogP contribution in [0.25, 0.3) is 0 Å². The van der Waals surface area contributed by atoms with Crippen LogP contribution in [0.2, 0.25) is 0 Å². The molecular formula is C15H23N5O3S. The predicted molar refractivity (Wildman–Crippen MR) is 88.0 cm³/mol. The second kappa shape index (κ2) is 6.66. The van der Waals surface area contributed by atoms with Gasteiger partial charge in [0.1, 0.15) is 0 Å². The van der Waals surface area contributed by atoms with Crippen molar-refractivity contribution < 1.29 is 13.2 Å². The maximum absolute atomic E-state index is 12.8. The second-order valence-electron chi connectivity index (χ2n) is 6.10. The van der Waals surface area contributed by atoms with Crippen LogP contribution in [0.1, 0.15) is 38.5 Å². The molecule has 1 aliphatic rings. The quantitative estimate of drug-likeness (QED) is 0.812. The first-order valence-electron chi connectivity index (χ1n) is 8.09. The van der Waals surface area contributed by atoms with E-state index in [0.29, 0.717) is 13.2 Å². The summed E-state index contributed by atoms with van der Waals surface area (Å²) in [6.07, 6.45) is 6.47. The lowest BCUT2D eigenvalue weighted by molar-refractivity contribution is -0.00266. The largest absolute Gasteiger partial charge is 0.371 e. The van der Waals surface area contributed by atoms with Crippen LogP contribution in [-0.4, -0.2) is 51.8 Å². The molecule has 0 N–H and O–H groups in total. The zero-order chi connectivity index (χ0) is 17.3. The number of morpholine rings is 1.